The van der Waals surface area contributed by atoms with Crippen LogP contribution in [-0.2, 0) is 0 Å². The Morgan fingerprint density at radius 1 is 0.429 bits per heavy atom. The van der Waals surface area contributed by atoms with Gasteiger partial charge in [0, 0.05) is 0 Å². The van der Waals surface area contributed by atoms with Crippen LogP contribution in [0.4, 0.5) is 0 Å². The standard InChI is InChI=1S/C14H25/c1-2-4-6-8-10-12-14-13-11-9-7-5-3-1/h1-2,9H,3-8,10-14H2. The second-order valence-corrected chi connectivity index (χ2v) is 4.39. The minimum absolute atomic E-state index is 1.29. The molecule has 0 bridgehead atoms. The first-order chi connectivity index (χ1) is 7.00. The zero-order valence-electron chi connectivity index (χ0n) is 9.51. The Labute approximate surface area is 89.8 Å². The van der Waals surface area contributed by atoms with Crippen molar-refractivity contribution in [2.45, 2.75) is 70.6 Å². The molecule has 1 aliphatic carbocycles. The topological polar surface area (TPSA) is 0 Å². The highest BCUT2D eigenvalue weighted by Gasteiger charge is 1.93. The molecule has 1 rings (SSSR count). The molecule has 0 saturated carbocycles. The summed E-state index contributed by atoms with van der Waals surface area (Å²) in [6, 6.07) is 0. The molecule has 0 saturated heterocycles. The lowest BCUT2D eigenvalue weighted by Crippen LogP contribution is -1.83. The molecule has 0 aromatic carbocycles. The maximum Gasteiger partial charge on any atom is -0.0351 e. The average Bonchev–Trinajstić information content (AvgIpc) is 2.22. The van der Waals surface area contributed by atoms with Gasteiger partial charge in [0.25, 0.3) is 0 Å². The van der Waals surface area contributed by atoms with E-state index in [9.17, 15) is 0 Å². The molecule has 14 heavy (non-hydrogen) atoms. The van der Waals surface area contributed by atoms with Gasteiger partial charge in [-0.1, -0.05) is 50.7 Å². The van der Waals surface area contributed by atoms with Gasteiger partial charge >= 0.3 is 0 Å². The first kappa shape index (κ1) is 11.8. The third-order valence-electron chi connectivity index (χ3n) is 2.97. The lowest BCUT2D eigenvalue weighted by atomic mass is 10.0. The van der Waals surface area contributed by atoms with Crippen LogP contribution in [0.15, 0.2) is 12.2 Å². The van der Waals surface area contributed by atoms with Crippen molar-refractivity contribution in [1.29, 1.82) is 0 Å². The summed E-state index contributed by atoms with van der Waals surface area (Å²) in [6.45, 7) is 0. The molecule has 0 heteroatoms. The summed E-state index contributed by atoms with van der Waals surface area (Å²) in [5.41, 5.74) is 0. The van der Waals surface area contributed by atoms with Crippen LogP contribution in [0.2, 0.25) is 0 Å². The smallest absolute Gasteiger partial charge is 0.0351 e. The van der Waals surface area contributed by atoms with Crippen LogP contribution in [-0.4, -0.2) is 0 Å². The van der Waals surface area contributed by atoms with E-state index >= 15 is 0 Å². The predicted octanol–water partition coefficient (Wildman–Crippen LogP) is 5.05. The molecule has 81 valence electrons. The fraction of sp³-hybridized carbons (Fsp3) is 0.786. The molecule has 0 aromatic rings. The van der Waals surface area contributed by atoms with Gasteiger partial charge in [-0.3, -0.25) is 0 Å². The zero-order chi connectivity index (χ0) is 9.90. The maximum atomic E-state index is 2.49. The second-order valence-electron chi connectivity index (χ2n) is 4.39. The molecule has 0 N–H and O–H groups in total. The maximum absolute atomic E-state index is 2.49. The minimum Gasteiger partial charge on any atom is -0.0885 e. The second kappa shape index (κ2) is 9.30. The third-order valence-corrected chi connectivity index (χ3v) is 2.97. The van der Waals surface area contributed by atoms with Crippen LogP contribution in [0.1, 0.15) is 70.6 Å². The van der Waals surface area contributed by atoms with Crippen LogP contribution in [0.5, 0.6) is 0 Å². The monoisotopic (exact) mass is 193 g/mol. The molecule has 0 atom stereocenters. The molecule has 1 radical (unpaired) electrons. The van der Waals surface area contributed by atoms with Crippen LogP contribution in [0.25, 0.3) is 0 Å². The van der Waals surface area contributed by atoms with E-state index in [1.54, 1.807) is 0 Å². The molecule has 0 aromatic heterocycles. The van der Waals surface area contributed by atoms with Gasteiger partial charge in [0.2, 0.25) is 0 Å². The van der Waals surface area contributed by atoms with Crippen molar-refractivity contribution in [3.63, 3.8) is 0 Å². The number of hydrogen-bond donors (Lipinski definition) is 0. The molecule has 1 aliphatic rings. The van der Waals surface area contributed by atoms with Crippen LogP contribution in [0, 0.1) is 6.42 Å². The van der Waals surface area contributed by atoms with E-state index in [1.807, 2.05) is 0 Å². The van der Waals surface area contributed by atoms with Gasteiger partial charge in [0.05, 0.1) is 0 Å². The SMILES string of the molecule is [CH]1CCCC=CCCCCCCCC1. The van der Waals surface area contributed by atoms with E-state index in [0.29, 0.717) is 0 Å². The van der Waals surface area contributed by atoms with Gasteiger partial charge in [-0.05, 0) is 38.5 Å². The fourth-order valence-corrected chi connectivity index (χ4v) is 2.02. The summed E-state index contributed by atoms with van der Waals surface area (Å²) in [5, 5.41) is 0. The highest BCUT2D eigenvalue weighted by atomic mass is 14.0. The normalized spacial score (nSPS) is 22.9. The van der Waals surface area contributed by atoms with Gasteiger partial charge in [0.15, 0.2) is 0 Å². The summed E-state index contributed by atoms with van der Waals surface area (Å²) in [5.74, 6) is 0. The summed E-state index contributed by atoms with van der Waals surface area (Å²) < 4.78 is 0. The Hall–Kier alpha value is -0.260. The summed E-state index contributed by atoms with van der Waals surface area (Å²) in [7, 11) is 0. The lowest BCUT2D eigenvalue weighted by Gasteiger charge is -2.02. The highest BCUT2D eigenvalue weighted by molar-refractivity contribution is 4.82. The van der Waals surface area contributed by atoms with Crippen molar-refractivity contribution in [2.24, 2.45) is 0 Å². The Morgan fingerprint density at radius 3 is 1.71 bits per heavy atom. The van der Waals surface area contributed by atoms with Crippen molar-refractivity contribution < 1.29 is 0 Å². The first-order valence-electron chi connectivity index (χ1n) is 6.47. The van der Waals surface area contributed by atoms with Crippen molar-refractivity contribution in [2.75, 3.05) is 0 Å². The van der Waals surface area contributed by atoms with Gasteiger partial charge in [-0.15, -0.1) is 0 Å². The Kier molecular flexibility index (Phi) is 7.85. The predicted molar refractivity (Wildman–Crippen MR) is 64.2 cm³/mol. The number of allylic oxidation sites excluding steroid dienone is 2. The third kappa shape index (κ3) is 7.17. The fourth-order valence-electron chi connectivity index (χ4n) is 2.02. The van der Waals surface area contributed by atoms with Gasteiger partial charge in [0.1, 0.15) is 0 Å². The van der Waals surface area contributed by atoms with E-state index < -0.39 is 0 Å². The minimum atomic E-state index is 1.29. The van der Waals surface area contributed by atoms with Crippen molar-refractivity contribution >= 4 is 0 Å². The van der Waals surface area contributed by atoms with Gasteiger partial charge in [-0.2, -0.15) is 0 Å². The molecule has 0 fully saturated rings. The van der Waals surface area contributed by atoms with E-state index in [0.717, 1.165) is 0 Å². The van der Waals surface area contributed by atoms with Gasteiger partial charge in [-0.25, -0.2) is 0 Å². The van der Waals surface area contributed by atoms with Crippen molar-refractivity contribution in [1.82, 2.24) is 0 Å². The van der Waals surface area contributed by atoms with E-state index in [2.05, 4.69) is 18.6 Å². The summed E-state index contributed by atoms with van der Waals surface area (Å²) >= 11 is 0. The number of hydrogen-bond acceptors (Lipinski definition) is 0. The average molecular weight is 193 g/mol. The number of rotatable bonds is 0. The lowest BCUT2D eigenvalue weighted by molar-refractivity contribution is 0.587. The molecule has 0 unspecified atom stereocenters. The molecule has 0 heterocycles. The van der Waals surface area contributed by atoms with Crippen LogP contribution in [0.3, 0.4) is 0 Å². The largest absolute Gasteiger partial charge is 0.0885 e. The molecular weight excluding hydrogens is 168 g/mol. The van der Waals surface area contributed by atoms with Crippen molar-refractivity contribution in [3.05, 3.63) is 18.6 Å². The van der Waals surface area contributed by atoms with Gasteiger partial charge < -0.3 is 0 Å². The Morgan fingerprint density at radius 2 is 0.929 bits per heavy atom. The first-order valence-corrected chi connectivity index (χ1v) is 6.47. The quantitative estimate of drug-likeness (QED) is 0.472. The molecule has 0 nitrogen and oxygen atoms in total. The Bertz CT molecular complexity index is 119. The van der Waals surface area contributed by atoms with E-state index in [1.165, 1.54) is 70.6 Å². The van der Waals surface area contributed by atoms with E-state index in [4.69, 9.17) is 0 Å². The van der Waals surface area contributed by atoms with Crippen LogP contribution >= 0.6 is 0 Å². The van der Waals surface area contributed by atoms with E-state index in [-0.39, 0.29) is 0 Å². The molecular formula is C14H25. The molecule has 0 amide bonds. The van der Waals surface area contributed by atoms with Crippen molar-refractivity contribution in [3.8, 4) is 0 Å². The summed E-state index contributed by atoms with van der Waals surface area (Å²) in [4.78, 5) is 0. The van der Waals surface area contributed by atoms with Crippen LogP contribution < -0.4 is 0 Å². The molecule has 0 aliphatic heterocycles. The highest BCUT2D eigenvalue weighted by Crippen LogP contribution is 2.12. The molecule has 0 spiro atoms. The zero-order valence-corrected chi connectivity index (χ0v) is 9.51. The Balaban J connectivity index is 2.09. The summed E-state index contributed by atoms with van der Waals surface area (Å²) in [6.07, 6.45) is 22.5.